The Morgan fingerprint density at radius 2 is 1.62 bits per heavy atom. The minimum absolute atomic E-state index is 0.0871. The van der Waals surface area contributed by atoms with Gasteiger partial charge in [-0.15, -0.1) is 0 Å². The van der Waals surface area contributed by atoms with Crippen LogP contribution in [0.4, 0.5) is 0 Å². The van der Waals surface area contributed by atoms with Crippen LogP contribution in [-0.2, 0) is 4.74 Å². The molecule has 0 fully saturated rings. The highest BCUT2D eigenvalue weighted by Gasteiger charge is 2.28. The third-order valence-electron chi connectivity index (χ3n) is 2.26. The Bertz CT molecular complexity index is 115. The van der Waals surface area contributed by atoms with Crippen molar-refractivity contribution in [1.82, 2.24) is 0 Å². The second-order valence-corrected chi connectivity index (χ2v) is 3.50. The van der Waals surface area contributed by atoms with E-state index in [0.717, 1.165) is 6.42 Å². The number of ether oxygens (including phenoxy) is 1. The Morgan fingerprint density at radius 1 is 1.15 bits per heavy atom. The third-order valence-corrected chi connectivity index (χ3v) is 2.26. The summed E-state index contributed by atoms with van der Waals surface area (Å²) in [5, 5.41) is 26.9. The Balaban J connectivity index is 3.95. The van der Waals surface area contributed by atoms with Gasteiger partial charge in [-0.2, -0.15) is 0 Å². The Morgan fingerprint density at radius 3 is 1.92 bits per heavy atom. The first kappa shape index (κ1) is 12.8. The van der Waals surface area contributed by atoms with Gasteiger partial charge in [0, 0.05) is 0 Å². The van der Waals surface area contributed by atoms with E-state index in [9.17, 15) is 0 Å². The maximum Gasteiger partial charge on any atom is 0.0629 e. The summed E-state index contributed by atoms with van der Waals surface area (Å²) in [7, 11) is 0. The minimum atomic E-state index is -0.899. The van der Waals surface area contributed by atoms with E-state index in [0.29, 0.717) is 0 Å². The van der Waals surface area contributed by atoms with E-state index in [1.165, 1.54) is 0 Å². The summed E-state index contributed by atoms with van der Waals surface area (Å²) in [5.41, 5.74) is -0.899. The van der Waals surface area contributed by atoms with Crippen molar-refractivity contribution in [3.63, 3.8) is 0 Å². The number of rotatable bonds is 7. The summed E-state index contributed by atoms with van der Waals surface area (Å²) in [6.45, 7) is 3.29. The van der Waals surface area contributed by atoms with Crippen molar-refractivity contribution in [2.45, 2.75) is 26.4 Å². The molecule has 80 valence electrons. The van der Waals surface area contributed by atoms with E-state index in [-0.39, 0.29) is 32.5 Å². The van der Waals surface area contributed by atoms with Crippen molar-refractivity contribution in [3.05, 3.63) is 0 Å². The minimum Gasteiger partial charge on any atom is -0.396 e. The van der Waals surface area contributed by atoms with Crippen LogP contribution in [0, 0.1) is 5.41 Å². The number of aliphatic hydroxyl groups is 3. The van der Waals surface area contributed by atoms with Crippen molar-refractivity contribution < 1.29 is 20.1 Å². The molecule has 0 saturated carbocycles. The predicted molar refractivity (Wildman–Crippen MR) is 49.4 cm³/mol. The molecule has 3 N–H and O–H groups in total. The molecule has 0 radical (unpaired) electrons. The lowest BCUT2D eigenvalue weighted by atomic mass is 9.92. The van der Waals surface area contributed by atoms with Gasteiger partial charge < -0.3 is 20.1 Å². The van der Waals surface area contributed by atoms with Crippen LogP contribution < -0.4 is 0 Å². The molecule has 0 heterocycles. The molecule has 4 heteroatoms. The fourth-order valence-electron chi connectivity index (χ4n) is 0.724. The molecule has 0 aromatic rings. The fraction of sp³-hybridized carbons (Fsp3) is 1.00. The zero-order valence-corrected chi connectivity index (χ0v) is 8.36. The summed E-state index contributed by atoms with van der Waals surface area (Å²) in [5.74, 6) is 0. The molecule has 0 aliphatic carbocycles. The van der Waals surface area contributed by atoms with E-state index in [2.05, 4.69) is 0 Å². The topological polar surface area (TPSA) is 69.9 Å². The van der Waals surface area contributed by atoms with Gasteiger partial charge in [0.05, 0.1) is 37.9 Å². The van der Waals surface area contributed by atoms with Crippen molar-refractivity contribution in [2.24, 2.45) is 5.41 Å². The zero-order chi connectivity index (χ0) is 10.3. The average molecular weight is 192 g/mol. The number of aliphatic hydroxyl groups excluding tert-OH is 3. The Labute approximate surface area is 79.2 Å². The molecular weight excluding hydrogens is 172 g/mol. The number of hydrogen-bond acceptors (Lipinski definition) is 4. The first-order chi connectivity index (χ1) is 6.14. The van der Waals surface area contributed by atoms with Crippen LogP contribution in [0.25, 0.3) is 0 Å². The standard InChI is InChI=1S/C9H20O4/c1-3-8(2)13-7-9(4-10,5-11)6-12/h8,10-12H,3-7H2,1-2H3. The summed E-state index contributed by atoms with van der Waals surface area (Å²) >= 11 is 0. The molecule has 0 aromatic carbocycles. The van der Waals surface area contributed by atoms with Gasteiger partial charge in [-0.3, -0.25) is 0 Å². The summed E-state index contributed by atoms with van der Waals surface area (Å²) in [6, 6.07) is 0. The Hall–Kier alpha value is -0.160. The van der Waals surface area contributed by atoms with Crippen LogP contribution in [0.3, 0.4) is 0 Å². The molecule has 1 unspecified atom stereocenters. The highest BCUT2D eigenvalue weighted by molar-refractivity contribution is 4.76. The molecule has 0 aliphatic rings. The molecule has 4 nitrogen and oxygen atoms in total. The Kier molecular flexibility index (Phi) is 6.24. The van der Waals surface area contributed by atoms with Gasteiger partial charge >= 0.3 is 0 Å². The molecule has 0 amide bonds. The second kappa shape index (κ2) is 6.32. The second-order valence-electron chi connectivity index (χ2n) is 3.50. The molecule has 0 spiro atoms. The van der Waals surface area contributed by atoms with Gasteiger partial charge in [-0.1, -0.05) is 6.92 Å². The van der Waals surface area contributed by atoms with Crippen molar-refractivity contribution in [3.8, 4) is 0 Å². The van der Waals surface area contributed by atoms with Crippen molar-refractivity contribution in [2.75, 3.05) is 26.4 Å². The third kappa shape index (κ3) is 4.04. The smallest absolute Gasteiger partial charge is 0.0629 e. The van der Waals surface area contributed by atoms with Crippen molar-refractivity contribution in [1.29, 1.82) is 0 Å². The van der Waals surface area contributed by atoms with Gasteiger partial charge in [0.1, 0.15) is 0 Å². The molecule has 0 aromatic heterocycles. The molecule has 0 bridgehead atoms. The molecule has 13 heavy (non-hydrogen) atoms. The average Bonchev–Trinajstić information content (AvgIpc) is 2.20. The fourth-order valence-corrected chi connectivity index (χ4v) is 0.724. The van der Waals surface area contributed by atoms with E-state index < -0.39 is 5.41 Å². The van der Waals surface area contributed by atoms with Gasteiger partial charge in [-0.05, 0) is 13.3 Å². The highest BCUT2D eigenvalue weighted by atomic mass is 16.5. The van der Waals surface area contributed by atoms with Gasteiger partial charge in [-0.25, -0.2) is 0 Å². The SMILES string of the molecule is CCC(C)OCC(CO)(CO)CO. The van der Waals surface area contributed by atoms with Crippen LogP contribution in [0.1, 0.15) is 20.3 Å². The zero-order valence-electron chi connectivity index (χ0n) is 8.36. The maximum atomic E-state index is 8.96. The first-order valence-corrected chi connectivity index (χ1v) is 4.58. The largest absolute Gasteiger partial charge is 0.396 e. The van der Waals surface area contributed by atoms with E-state index in [4.69, 9.17) is 20.1 Å². The maximum absolute atomic E-state index is 8.96. The summed E-state index contributed by atoms with van der Waals surface area (Å²) in [4.78, 5) is 0. The lowest BCUT2D eigenvalue weighted by Gasteiger charge is -2.28. The molecule has 0 aliphatic heterocycles. The van der Waals surface area contributed by atoms with Crippen LogP contribution in [0.5, 0.6) is 0 Å². The summed E-state index contributed by atoms with van der Waals surface area (Å²) in [6.07, 6.45) is 0.960. The predicted octanol–water partition coefficient (Wildman–Crippen LogP) is -0.235. The van der Waals surface area contributed by atoms with E-state index in [1.807, 2.05) is 13.8 Å². The van der Waals surface area contributed by atoms with Crippen LogP contribution >= 0.6 is 0 Å². The van der Waals surface area contributed by atoms with Gasteiger partial charge in [0.2, 0.25) is 0 Å². The van der Waals surface area contributed by atoms with Gasteiger partial charge in [0.15, 0.2) is 0 Å². The van der Waals surface area contributed by atoms with Crippen LogP contribution in [-0.4, -0.2) is 47.9 Å². The van der Waals surface area contributed by atoms with Crippen LogP contribution in [0.2, 0.25) is 0 Å². The highest BCUT2D eigenvalue weighted by Crippen LogP contribution is 2.16. The molecular formula is C9H20O4. The monoisotopic (exact) mass is 192 g/mol. The summed E-state index contributed by atoms with van der Waals surface area (Å²) < 4.78 is 5.35. The normalized spacial score (nSPS) is 14.5. The van der Waals surface area contributed by atoms with E-state index in [1.54, 1.807) is 0 Å². The van der Waals surface area contributed by atoms with Crippen molar-refractivity contribution >= 4 is 0 Å². The molecule has 1 atom stereocenters. The number of hydrogen-bond donors (Lipinski definition) is 3. The van der Waals surface area contributed by atoms with Gasteiger partial charge in [0.25, 0.3) is 0 Å². The first-order valence-electron chi connectivity index (χ1n) is 4.58. The molecule has 0 saturated heterocycles. The lowest BCUT2D eigenvalue weighted by Crippen LogP contribution is -2.39. The molecule has 0 rings (SSSR count). The lowest BCUT2D eigenvalue weighted by molar-refractivity contribution is -0.0765. The quantitative estimate of drug-likeness (QED) is 0.521. The van der Waals surface area contributed by atoms with Crippen LogP contribution in [0.15, 0.2) is 0 Å². The van der Waals surface area contributed by atoms with E-state index >= 15 is 0 Å².